The van der Waals surface area contributed by atoms with Crippen molar-refractivity contribution in [1.29, 1.82) is 0 Å². The third kappa shape index (κ3) is 3.57. The summed E-state index contributed by atoms with van der Waals surface area (Å²) in [5, 5.41) is 0. The van der Waals surface area contributed by atoms with Crippen LogP contribution in [-0.4, -0.2) is 18.2 Å². The van der Waals surface area contributed by atoms with E-state index in [0.29, 0.717) is 0 Å². The Morgan fingerprint density at radius 1 is 0.750 bits per heavy atom. The molecule has 0 bridgehead atoms. The largest absolute Gasteiger partial charge is 0.496 e. The molecule has 28 heavy (non-hydrogen) atoms. The van der Waals surface area contributed by atoms with Gasteiger partial charge >= 0.3 is 0 Å². The SMILES string of the molecule is COc1ccccc1-c1cc(=Nc2ccccc2)sn1-c1ccccc1OC. The second kappa shape index (κ2) is 8.15. The second-order valence-corrected chi connectivity index (χ2v) is 7.04. The van der Waals surface area contributed by atoms with Gasteiger partial charge in [0.15, 0.2) is 0 Å². The molecule has 0 aliphatic rings. The van der Waals surface area contributed by atoms with E-state index in [2.05, 4.69) is 16.1 Å². The van der Waals surface area contributed by atoms with Gasteiger partial charge in [0.05, 0.1) is 31.3 Å². The highest BCUT2D eigenvalue weighted by atomic mass is 32.1. The van der Waals surface area contributed by atoms with E-state index in [-0.39, 0.29) is 0 Å². The van der Waals surface area contributed by atoms with Crippen LogP contribution in [0.5, 0.6) is 11.5 Å². The predicted molar refractivity (Wildman–Crippen MR) is 114 cm³/mol. The Morgan fingerprint density at radius 3 is 2.14 bits per heavy atom. The van der Waals surface area contributed by atoms with Gasteiger partial charge < -0.3 is 9.47 Å². The number of hydrogen-bond donors (Lipinski definition) is 0. The molecule has 0 amide bonds. The summed E-state index contributed by atoms with van der Waals surface area (Å²) in [7, 11) is 3.37. The summed E-state index contributed by atoms with van der Waals surface area (Å²) >= 11 is 1.57. The number of benzene rings is 3. The molecule has 0 aliphatic heterocycles. The number of ether oxygens (including phenoxy) is 2. The molecule has 0 atom stereocenters. The van der Waals surface area contributed by atoms with Crippen molar-refractivity contribution >= 4 is 17.2 Å². The van der Waals surface area contributed by atoms with Crippen molar-refractivity contribution in [3.05, 3.63) is 89.6 Å². The first-order valence-corrected chi connectivity index (χ1v) is 9.67. The lowest BCUT2D eigenvalue weighted by Crippen LogP contribution is -1.98. The average Bonchev–Trinajstić information content (AvgIpc) is 3.17. The van der Waals surface area contributed by atoms with Gasteiger partial charge in [-0.25, -0.2) is 4.99 Å². The number of hydrogen-bond acceptors (Lipinski definition) is 4. The highest BCUT2D eigenvalue weighted by Crippen LogP contribution is 2.34. The maximum atomic E-state index is 5.60. The van der Waals surface area contributed by atoms with Crippen molar-refractivity contribution in [2.45, 2.75) is 0 Å². The van der Waals surface area contributed by atoms with E-state index in [1.807, 2.05) is 72.8 Å². The van der Waals surface area contributed by atoms with Crippen molar-refractivity contribution in [3.8, 4) is 28.4 Å². The zero-order valence-corrected chi connectivity index (χ0v) is 16.5. The molecule has 0 N–H and O–H groups in total. The zero-order valence-electron chi connectivity index (χ0n) is 15.7. The molecule has 3 aromatic carbocycles. The zero-order chi connectivity index (χ0) is 19.3. The van der Waals surface area contributed by atoms with Crippen molar-refractivity contribution in [3.63, 3.8) is 0 Å². The van der Waals surface area contributed by atoms with Gasteiger partial charge in [-0.1, -0.05) is 42.5 Å². The maximum Gasteiger partial charge on any atom is 0.143 e. The lowest BCUT2D eigenvalue weighted by molar-refractivity contribution is 0.413. The van der Waals surface area contributed by atoms with Gasteiger partial charge in [-0.2, -0.15) is 0 Å². The Balaban J connectivity index is 1.97. The fourth-order valence-electron chi connectivity index (χ4n) is 3.05. The molecule has 0 saturated heterocycles. The van der Waals surface area contributed by atoms with E-state index in [1.165, 1.54) is 0 Å². The Morgan fingerprint density at radius 2 is 1.39 bits per heavy atom. The van der Waals surface area contributed by atoms with E-state index in [4.69, 9.17) is 14.5 Å². The van der Waals surface area contributed by atoms with Crippen molar-refractivity contribution < 1.29 is 9.47 Å². The Kier molecular flexibility index (Phi) is 5.26. The van der Waals surface area contributed by atoms with Crippen LogP contribution in [0, 0.1) is 0 Å². The summed E-state index contributed by atoms with van der Waals surface area (Å²) < 4.78 is 14.2. The van der Waals surface area contributed by atoms with Crippen LogP contribution in [0.1, 0.15) is 0 Å². The first-order chi connectivity index (χ1) is 13.8. The lowest BCUT2D eigenvalue weighted by Gasteiger charge is -2.13. The number of aromatic nitrogens is 1. The molecule has 0 saturated carbocycles. The highest BCUT2D eigenvalue weighted by Gasteiger charge is 2.15. The molecule has 4 aromatic rings. The predicted octanol–water partition coefficient (Wildman–Crippen LogP) is 5.46. The van der Waals surface area contributed by atoms with E-state index < -0.39 is 0 Å². The smallest absolute Gasteiger partial charge is 0.143 e. The van der Waals surface area contributed by atoms with Crippen LogP contribution in [-0.2, 0) is 0 Å². The second-order valence-electron chi connectivity index (χ2n) is 6.07. The molecule has 0 aliphatic carbocycles. The topological polar surface area (TPSA) is 35.8 Å². The normalized spacial score (nSPS) is 11.4. The number of para-hydroxylation sites is 4. The van der Waals surface area contributed by atoms with Gasteiger partial charge in [-0.05, 0) is 47.9 Å². The number of methoxy groups -OCH3 is 2. The number of nitrogens with zero attached hydrogens (tertiary/aromatic N) is 2. The van der Waals surface area contributed by atoms with Gasteiger partial charge in [0.25, 0.3) is 0 Å². The fourth-order valence-corrected chi connectivity index (χ4v) is 4.04. The molecule has 0 radical (unpaired) electrons. The highest BCUT2D eigenvalue weighted by molar-refractivity contribution is 7.04. The molecule has 1 aromatic heterocycles. The summed E-state index contributed by atoms with van der Waals surface area (Å²) in [6.07, 6.45) is 0. The van der Waals surface area contributed by atoms with Crippen LogP contribution in [0.4, 0.5) is 5.69 Å². The quantitative estimate of drug-likeness (QED) is 0.455. The maximum absolute atomic E-state index is 5.60. The molecule has 5 heteroatoms. The summed E-state index contributed by atoms with van der Waals surface area (Å²) in [5.74, 6) is 1.62. The van der Waals surface area contributed by atoms with E-state index in [0.717, 1.165) is 38.8 Å². The van der Waals surface area contributed by atoms with Crippen LogP contribution >= 0.6 is 11.5 Å². The molecular weight excluding hydrogens is 368 g/mol. The Labute approximate surface area is 168 Å². The van der Waals surface area contributed by atoms with E-state index in [9.17, 15) is 0 Å². The van der Waals surface area contributed by atoms with Crippen molar-refractivity contribution in [1.82, 2.24) is 3.96 Å². The van der Waals surface area contributed by atoms with Crippen LogP contribution in [0.3, 0.4) is 0 Å². The molecular formula is C23H20N2O2S. The van der Waals surface area contributed by atoms with E-state index in [1.54, 1.807) is 25.8 Å². The summed E-state index contributed by atoms with van der Waals surface area (Å²) in [4.78, 5) is 4.80. The van der Waals surface area contributed by atoms with Gasteiger partial charge in [0.2, 0.25) is 0 Å². The summed E-state index contributed by atoms with van der Waals surface area (Å²) in [6, 6.07) is 28.0. The van der Waals surface area contributed by atoms with Crippen LogP contribution in [0.2, 0.25) is 0 Å². The third-order valence-corrected chi connectivity index (χ3v) is 5.32. The fraction of sp³-hybridized carbons (Fsp3) is 0.0870. The van der Waals surface area contributed by atoms with Crippen LogP contribution in [0.15, 0.2) is 89.9 Å². The van der Waals surface area contributed by atoms with E-state index >= 15 is 0 Å². The first-order valence-electron chi connectivity index (χ1n) is 8.90. The Bertz CT molecular complexity index is 1080. The standard InChI is InChI=1S/C23H20N2O2S/c1-26-21-14-8-6-12-18(21)20-16-23(24-17-10-4-3-5-11-17)28-25(20)19-13-7-9-15-22(19)27-2/h3-16H,1-2H3. The molecule has 1 heterocycles. The molecule has 140 valence electrons. The van der Waals surface area contributed by atoms with Crippen LogP contribution < -0.4 is 14.1 Å². The molecule has 0 spiro atoms. The molecule has 0 unspecified atom stereocenters. The van der Waals surface area contributed by atoms with Crippen molar-refractivity contribution in [2.75, 3.05) is 14.2 Å². The third-order valence-electron chi connectivity index (χ3n) is 4.35. The van der Waals surface area contributed by atoms with Gasteiger partial charge in [-0.3, -0.25) is 3.96 Å². The molecule has 4 nitrogen and oxygen atoms in total. The lowest BCUT2D eigenvalue weighted by atomic mass is 10.1. The molecule has 4 rings (SSSR count). The summed E-state index contributed by atoms with van der Waals surface area (Å²) in [6.45, 7) is 0. The minimum atomic E-state index is 0.803. The van der Waals surface area contributed by atoms with Crippen molar-refractivity contribution in [2.24, 2.45) is 4.99 Å². The average molecular weight is 388 g/mol. The summed E-state index contributed by atoms with van der Waals surface area (Å²) in [5.41, 5.74) is 3.89. The number of rotatable bonds is 5. The minimum absolute atomic E-state index is 0.803. The monoisotopic (exact) mass is 388 g/mol. The van der Waals surface area contributed by atoms with Gasteiger partial charge in [0.1, 0.15) is 16.2 Å². The van der Waals surface area contributed by atoms with Gasteiger partial charge in [-0.15, -0.1) is 0 Å². The first kappa shape index (κ1) is 18.1. The minimum Gasteiger partial charge on any atom is -0.496 e. The molecule has 0 fully saturated rings. The van der Waals surface area contributed by atoms with Crippen LogP contribution in [0.25, 0.3) is 16.9 Å². The van der Waals surface area contributed by atoms with Gasteiger partial charge in [0, 0.05) is 11.6 Å². The Hall–Kier alpha value is -3.31.